The van der Waals surface area contributed by atoms with Crippen molar-refractivity contribution in [3.05, 3.63) is 23.2 Å². The highest BCUT2D eigenvalue weighted by Crippen LogP contribution is 2.27. The van der Waals surface area contributed by atoms with Crippen molar-refractivity contribution in [1.82, 2.24) is 0 Å². The van der Waals surface area contributed by atoms with Crippen LogP contribution in [0.2, 0.25) is 5.02 Å². The van der Waals surface area contributed by atoms with E-state index in [4.69, 9.17) is 16.3 Å². The minimum absolute atomic E-state index is 0.0378. The van der Waals surface area contributed by atoms with Crippen molar-refractivity contribution in [3.8, 4) is 5.75 Å². The Labute approximate surface area is 125 Å². The summed E-state index contributed by atoms with van der Waals surface area (Å²) in [6.07, 6.45) is 2.41. The van der Waals surface area contributed by atoms with Crippen LogP contribution in [0.5, 0.6) is 5.75 Å². The van der Waals surface area contributed by atoms with Gasteiger partial charge in [0.2, 0.25) is 0 Å². The number of nitrogens with one attached hydrogen (secondary N) is 2. The van der Waals surface area contributed by atoms with Gasteiger partial charge in [-0.05, 0) is 37.0 Å². The molecule has 0 unspecified atom stereocenters. The highest BCUT2D eigenvalue weighted by molar-refractivity contribution is 6.32. The molecule has 4 nitrogen and oxygen atoms in total. The molecular formula is C15H22ClN2O2+. The molecule has 1 aromatic rings. The van der Waals surface area contributed by atoms with Crippen molar-refractivity contribution < 1.29 is 14.4 Å². The molecule has 20 heavy (non-hydrogen) atoms. The molecule has 1 aromatic carbocycles. The van der Waals surface area contributed by atoms with Crippen LogP contribution in [-0.4, -0.2) is 32.7 Å². The van der Waals surface area contributed by atoms with Crippen molar-refractivity contribution in [2.24, 2.45) is 5.92 Å². The number of ether oxygens (including phenoxy) is 1. The van der Waals surface area contributed by atoms with Gasteiger partial charge in [0.15, 0.2) is 6.54 Å². The average Bonchev–Trinajstić information content (AvgIpc) is 2.41. The number of likely N-dealkylation sites (tertiary alicyclic amines) is 1. The molecule has 0 aliphatic carbocycles. The van der Waals surface area contributed by atoms with Crippen molar-refractivity contribution >= 4 is 23.2 Å². The quantitative estimate of drug-likeness (QED) is 0.886. The number of hydrogen-bond donors (Lipinski definition) is 2. The highest BCUT2D eigenvalue weighted by atomic mass is 35.5. The maximum Gasteiger partial charge on any atom is 0.279 e. The molecule has 0 saturated carbocycles. The van der Waals surface area contributed by atoms with E-state index >= 15 is 0 Å². The normalized spacial score (nSPS) is 22.4. The van der Waals surface area contributed by atoms with Gasteiger partial charge in [-0.15, -0.1) is 0 Å². The molecule has 1 saturated heterocycles. The number of amides is 1. The van der Waals surface area contributed by atoms with Crippen LogP contribution in [0.3, 0.4) is 0 Å². The Balaban J connectivity index is 1.86. The van der Waals surface area contributed by atoms with Gasteiger partial charge < -0.3 is 15.0 Å². The molecule has 2 N–H and O–H groups in total. The molecule has 0 spiro atoms. The largest absolute Gasteiger partial charge is 0.495 e. The van der Waals surface area contributed by atoms with Gasteiger partial charge in [0.1, 0.15) is 5.75 Å². The van der Waals surface area contributed by atoms with E-state index in [1.807, 2.05) is 0 Å². The van der Waals surface area contributed by atoms with Gasteiger partial charge in [-0.3, -0.25) is 4.79 Å². The summed E-state index contributed by atoms with van der Waals surface area (Å²) in [6, 6.07) is 5.27. The predicted molar refractivity (Wildman–Crippen MR) is 80.6 cm³/mol. The zero-order valence-corrected chi connectivity index (χ0v) is 12.8. The molecular weight excluding hydrogens is 276 g/mol. The second-order valence-corrected chi connectivity index (χ2v) is 5.91. The lowest BCUT2D eigenvalue weighted by Gasteiger charge is -2.26. The smallest absolute Gasteiger partial charge is 0.279 e. The SMILES string of the molecule is COc1ccc(NC(=O)C[NH+]2CCC(C)CC2)cc1Cl. The minimum atomic E-state index is 0.0378. The van der Waals surface area contributed by atoms with Gasteiger partial charge in [0, 0.05) is 5.69 Å². The number of hydrogen-bond acceptors (Lipinski definition) is 2. The van der Waals surface area contributed by atoms with Crippen LogP contribution in [0.15, 0.2) is 18.2 Å². The van der Waals surface area contributed by atoms with E-state index in [0.29, 0.717) is 23.0 Å². The molecule has 1 heterocycles. The number of anilines is 1. The third-order valence-corrected chi connectivity index (χ3v) is 4.12. The highest BCUT2D eigenvalue weighted by Gasteiger charge is 2.21. The van der Waals surface area contributed by atoms with E-state index < -0.39 is 0 Å². The molecule has 1 aliphatic heterocycles. The Morgan fingerprint density at radius 1 is 1.45 bits per heavy atom. The molecule has 5 heteroatoms. The molecule has 0 radical (unpaired) electrons. The molecule has 1 fully saturated rings. The topological polar surface area (TPSA) is 42.8 Å². The Morgan fingerprint density at radius 3 is 2.75 bits per heavy atom. The first-order chi connectivity index (χ1) is 9.58. The zero-order valence-electron chi connectivity index (χ0n) is 12.0. The number of carbonyl (C=O) groups is 1. The first-order valence-electron chi connectivity index (χ1n) is 7.05. The van der Waals surface area contributed by atoms with Crippen LogP contribution in [-0.2, 0) is 4.79 Å². The van der Waals surface area contributed by atoms with Crippen LogP contribution in [0, 0.1) is 5.92 Å². The van der Waals surface area contributed by atoms with Gasteiger partial charge in [-0.2, -0.15) is 0 Å². The fourth-order valence-corrected chi connectivity index (χ4v) is 2.78. The van der Waals surface area contributed by atoms with Crippen LogP contribution < -0.4 is 15.0 Å². The Kier molecular flexibility index (Phi) is 5.26. The second-order valence-electron chi connectivity index (χ2n) is 5.51. The van der Waals surface area contributed by atoms with Crippen molar-refractivity contribution in [3.63, 3.8) is 0 Å². The Hall–Kier alpha value is -1.26. The fourth-order valence-electron chi connectivity index (χ4n) is 2.52. The van der Waals surface area contributed by atoms with Gasteiger partial charge in [0.05, 0.1) is 25.2 Å². The lowest BCUT2D eigenvalue weighted by atomic mass is 9.99. The predicted octanol–water partition coefficient (Wildman–Crippen LogP) is 1.60. The summed E-state index contributed by atoms with van der Waals surface area (Å²) in [5.41, 5.74) is 0.713. The number of halogens is 1. The van der Waals surface area contributed by atoms with E-state index in [2.05, 4.69) is 12.2 Å². The fraction of sp³-hybridized carbons (Fsp3) is 0.533. The first kappa shape index (κ1) is 15.1. The average molecular weight is 298 g/mol. The standard InChI is InChI=1S/C15H21ClN2O2/c1-11-5-7-18(8-6-11)10-15(19)17-12-3-4-14(20-2)13(16)9-12/h3-4,9,11H,5-8,10H2,1-2H3,(H,17,19)/p+1. The Morgan fingerprint density at radius 2 is 2.15 bits per heavy atom. The molecule has 0 bridgehead atoms. The first-order valence-corrected chi connectivity index (χ1v) is 7.43. The van der Waals surface area contributed by atoms with Gasteiger partial charge in [-0.25, -0.2) is 0 Å². The van der Waals surface area contributed by atoms with Crippen LogP contribution in [0.1, 0.15) is 19.8 Å². The number of methoxy groups -OCH3 is 1. The monoisotopic (exact) mass is 297 g/mol. The van der Waals surface area contributed by atoms with Gasteiger partial charge >= 0.3 is 0 Å². The molecule has 0 atom stereocenters. The maximum absolute atomic E-state index is 12.0. The van der Waals surface area contributed by atoms with Crippen LogP contribution in [0.25, 0.3) is 0 Å². The number of quaternary nitrogens is 1. The summed E-state index contributed by atoms with van der Waals surface area (Å²) >= 11 is 6.04. The summed E-state index contributed by atoms with van der Waals surface area (Å²) in [6.45, 7) is 4.96. The number of piperidine rings is 1. The maximum atomic E-state index is 12.0. The van der Waals surface area contributed by atoms with E-state index in [1.165, 1.54) is 17.7 Å². The molecule has 1 amide bonds. The van der Waals surface area contributed by atoms with E-state index in [1.54, 1.807) is 25.3 Å². The van der Waals surface area contributed by atoms with E-state index in [-0.39, 0.29) is 5.91 Å². The second kappa shape index (κ2) is 6.95. The number of carbonyl (C=O) groups excluding carboxylic acids is 1. The molecule has 0 aromatic heterocycles. The zero-order chi connectivity index (χ0) is 14.5. The minimum Gasteiger partial charge on any atom is -0.495 e. The summed E-state index contributed by atoms with van der Waals surface area (Å²) in [7, 11) is 1.57. The number of rotatable bonds is 4. The summed E-state index contributed by atoms with van der Waals surface area (Å²) in [4.78, 5) is 13.4. The van der Waals surface area contributed by atoms with Crippen LogP contribution >= 0.6 is 11.6 Å². The lowest BCUT2D eigenvalue weighted by molar-refractivity contribution is -0.897. The van der Waals surface area contributed by atoms with Crippen molar-refractivity contribution in [2.45, 2.75) is 19.8 Å². The molecule has 1 aliphatic rings. The summed E-state index contributed by atoms with van der Waals surface area (Å²) < 4.78 is 5.09. The molecule has 2 rings (SSSR count). The van der Waals surface area contributed by atoms with E-state index in [9.17, 15) is 4.79 Å². The lowest BCUT2D eigenvalue weighted by Crippen LogP contribution is -3.14. The van der Waals surface area contributed by atoms with Crippen molar-refractivity contribution in [2.75, 3.05) is 32.1 Å². The van der Waals surface area contributed by atoms with Crippen LogP contribution in [0.4, 0.5) is 5.69 Å². The summed E-state index contributed by atoms with van der Waals surface area (Å²) in [5.74, 6) is 1.44. The Bertz CT molecular complexity index is 471. The van der Waals surface area contributed by atoms with E-state index in [0.717, 1.165) is 19.0 Å². The van der Waals surface area contributed by atoms with Gasteiger partial charge in [0.25, 0.3) is 5.91 Å². The van der Waals surface area contributed by atoms with Crippen molar-refractivity contribution in [1.29, 1.82) is 0 Å². The molecule has 110 valence electrons. The third kappa shape index (κ3) is 4.12. The van der Waals surface area contributed by atoms with Gasteiger partial charge in [-0.1, -0.05) is 18.5 Å². The summed E-state index contributed by atoms with van der Waals surface area (Å²) in [5, 5.41) is 3.40. The number of benzene rings is 1. The third-order valence-electron chi connectivity index (χ3n) is 3.83.